The lowest BCUT2D eigenvalue weighted by Gasteiger charge is -2.05. The smallest absolute Gasteiger partial charge is 0.233 e. The van der Waals surface area contributed by atoms with Crippen molar-refractivity contribution in [2.45, 2.75) is 13.5 Å². The summed E-state index contributed by atoms with van der Waals surface area (Å²) in [7, 11) is 0. The first-order valence-electron chi connectivity index (χ1n) is 6.16. The second-order valence-electron chi connectivity index (χ2n) is 4.53. The van der Waals surface area contributed by atoms with Gasteiger partial charge in [-0.2, -0.15) is 0 Å². The molecule has 0 saturated heterocycles. The third-order valence-corrected chi connectivity index (χ3v) is 3.84. The molecule has 3 aromatic rings. The van der Waals surface area contributed by atoms with E-state index < -0.39 is 0 Å². The van der Waals surface area contributed by atoms with Gasteiger partial charge in [0.05, 0.1) is 0 Å². The number of anilines is 1. The van der Waals surface area contributed by atoms with Crippen molar-refractivity contribution < 1.29 is 9.15 Å². The number of ether oxygens (including phenoxy) is 1. The summed E-state index contributed by atoms with van der Waals surface area (Å²) < 4.78 is 12.3. The number of halogens is 1. The van der Waals surface area contributed by atoms with E-state index in [2.05, 4.69) is 20.9 Å². The molecule has 1 heterocycles. The van der Waals surface area contributed by atoms with Crippen LogP contribution in [0.3, 0.4) is 0 Å². The molecule has 20 heavy (non-hydrogen) atoms. The number of oxazole rings is 1. The summed E-state index contributed by atoms with van der Waals surface area (Å²) in [5.74, 6) is 1.32. The van der Waals surface area contributed by atoms with Gasteiger partial charge in [0.15, 0.2) is 12.2 Å². The van der Waals surface area contributed by atoms with Gasteiger partial charge in [0.2, 0.25) is 5.89 Å². The van der Waals surface area contributed by atoms with Crippen LogP contribution in [0.2, 0.25) is 0 Å². The Hall–Kier alpha value is -2.01. The highest BCUT2D eigenvalue weighted by atomic mass is 79.9. The fourth-order valence-corrected chi connectivity index (χ4v) is 2.15. The lowest BCUT2D eigenvalue weighted by molar-refractivity contribution is 0.267. The molecule has 1 aromatic heterocycles. The molecule has 0 radical (unpaired) electrons. The molecular formula is C15H13BrN2O2. The van der Waals surface area contributed by atoms with E-state index in [1.54, 1.807) is 12.1 Å². The van der Waals surface area contributed by atoms with Crippen LogP contribution >= 0.6 is 15.9 Å². The topological polar surface area (TPSA) is 61.3 Å². The van der Waals surface area contributed by atoms with Gasteiger partial charge in [0, 0.05) is 16.2 Å². The van der Waals surface area contributed by atoms with Gasteiger partial charge in [-0.05, 0) is 42.8 Å². The molecule has 0 aliphatic heterocycles. The molecule has 3 rings (SSSR count). The average Bonchev–Trinajstić information content (AvgIpc) is 2.82. The normalized spacial score (nSPS) is 10.9. The number of aromatic nitrogens is 1. The first-order valence-corrected chi connectivity index (χ1v) is 6.95. The summed E-state index contributed by atoms with van der Waals surface area (Å²) in [5.41, 5.74) is 8.94. The number of aryl methyl sites for hydroxylation is 1. The van der Waals surface area contributed by atoms with Gasteiger partial charge in [-0.15, -0.1) is 0 Å². The monoisotopic (exact) mass is 332 g/mol. The number of rotatable bonds is 3. The van der Waals surface area contributed by atoms with Gasteiger partial charge in [-0.1, -0.05) is 15.9 Å². The summed E-state index contributed by atoms with van der Waals surface area (Å²) in [6, 6.07) is 11.2. The van der Waals surface area contributed by atoms with E-state index in [0.29, 0.717) is 17.2 Å². The van der Waals surface area contributed by atoms with E-state index in [1.807, 2.05) is 31.2 Å². The minimum absolute atomic E-state index is 0.287. The summed E-state index contributed by atoms with van der Waals surface area (Å²) in [5, 5.41) is 0. The third-order valence-electron chi connectivity index (χ3n) is 2.95. The molecule has 102 valence electrons. The quantitative estimate of drug-likeness (QED) is 0.734. The van der Waals surface area contributed by atoms with Gasteiger partial charge in [0.1, 0.15) is 11.3 Å². The van der Waals surface area contributed by atoms with Crippen LogP contribution in [-0.4, -0.2) is 4.98 Å². The minimum atomic E-state index is 0.287. The van der Waals surface area contributed by atoms with Crippen molar-refractivity contribution in [2.24, 2.45) is 0 Å². The molecule has 2 N–H and O–H groups in total. The van der Waals surface area contributed by atoms with Crippen LogP contribution in [0.25, 0.3) is 11.1 Å². The number of hydrogen-bond donors (Lipinski definition) is 1. The van der Waals surface area contributed by atoms with Crippen LogP contribution in [0.15, 0.2) is 45.3 Å². The Balaban J connectivity index is 1.77. The zero-order valence-electron chi connectivity index (χ0n) is 10.9. The summed E-state index contributed by atoms with van der Waals surface area (Å²) >= 11 is 3.46. The Labute approximate surface area is 124 Å². The van der Waals surface area contributed by atoms with E-state index in [9.17, 15) is 0 Å². The van der Waals surface area contributed by atoms with Crippen LogP contribution in [-0.2, 0) is 6.61 Å². The predicted molar refractivity (Wildman–Crippen MR) is 81.6 cm³/mol. The van der Waals surface area contributed by atoms with Crippen molar-refractivity contribution in [1.29, 1.82) is 0 Å². The maximum absolute atomic E-state index is 5.71. The lowest BCUT2D eigenvalue weighted by atomic mass is 10.2. The van der Waals surface area contributed by atoms with Crippen molar-refractivity contribution in [3.63, 3.8) is 0 Å². The van der Waals surface area contributed by atoms with E-state index in [0.717, 1.165) is 21.3 Å². The average molecular weight is 333 g/mol. The summed E-state index contributed by atoms with van der Waals surface area (Å²) in [6.07, 6.45) is 0. The molecular weight excluding hydrogens is 320 g/mol. The number of nitrogens with zero attached hydrogens (tertiary/aromatic N) is 1. The molecule has 0 fully saturated rings. The molecule has 0 amide bonds. The maximum Gasteiger partial charge on any atom is 0.233 e. The van der Waals surface area contributed by atoms with Gasteiger partial charge in [-0.25, -0.2) is 4.98 Å². The number of nitrogens with two attached hydrogens (primary N) is 1. The fourth-order valence-electron chi connectivity index (χ4n) is 1.90. The van der Waals surface area contributed by atoms with Crippen LogP contribution in [0.4, 0.5) is 5.69 Å². The first-order chi connectivity index (χ1) is 9.61. The standard InChI is InChI=1S/C15H13BrN2O2/c1-9-6-11(3-4-12(9)16)19-8-15-18-13-5-2-10(17)7-14(13)20-15/h2-7H,8,17H2,1H3. The first kappa shape index (κ1) is 13.0. The van der Waals surface area contributed by atoms with Crippen molar-refractivity contribution in [1.82, 2.24) is 4.98 Å². The Morgan fingerprint density at radius 2 is 2.10 bits per heavy atom. The largest absolute Gasteiger partial charge is 0.484 e. The predicted octanol–water partition coefficient (Wildman–Crippen LogP) is 4.06. The van der Waals surface area contributed by atoms with Crippen LogP contribution in [0, 0.1) is 6.92 Å². The Morgan fingerprint density at radius 1 is 1.25 bits per heavy atom. The number of fused-ring (bicyclic) bond motifs is 1. The number of hydrogen-bond acceptors (Lipinski definition) is 4. The zero-order chi connectivity index (χ0) is 14.1. The SMILES string of the molecule is Cc1cc(OCc2nc3ccc(N)cc3o2)ccc1Br. The highest BCUT2D eigenvalue weighted by Gasteiger charge is 2.07. The van der Waals surface area contributed by atoms with E-state index in [4.69, 9.17) is 14.9 Å². The second-order valence-corrected chi connectivity index (χ2v) is 5.39. The molecule has 5 heteroatoms. The number of nitrogen functional groups attached to an aromatic ring is 1. The molecule has 0 saturated carbocycles. The van der Waals surface area contributed by atoms with Crippen LogP contribution in [0.1, 0.15) is 11.5 Å². The van der Waals surface area contributed by atoms with E-state index in [1.165, 1.54) is 0 Å². The van der Waals surface area contributed by atoms with Gasteiger partial charge in [0.25, 0.3) is 0 Å². The maximum atomic E-state index is 5.71. The molecule has 0 spiro atoms. The van der Waals surface area contributed by atoms with Crippen molar-refractivity contribution in [2.75, 3.05) is 5.73 Å². The Kier molecular flexibility index (Phi) is 3.36. The highest BCUT2D eigenvalue weighted by Crippen LogP contribution is 2.23. The molecule has 0 aliphatic carbocycles. The fraction of sp³-hybridized carbons (Fsp3) is 0.133. The van der Waals surface area contributed by atoms with Gasteiger partial charge >= 0.3 is 0 Å². The molecule has 0 aliphatic rings. The summed E-state index contributed by atoms with van der Waals surface area (Å²) in [6.45, 7) is 2.30. The Bertz CT molecular complexity index is 768. The number of benzene rings is 2. The lowest BCUT2D eigenvalue weighted by Crippen LogP contribution is -1.95. The zero-order valence-corrected chi connectivity index (χ0v) is 12.5. The van der Waals surface area contributed by atoms with Crippen molar-refractivity contribution >= 4 is 32.7 Å². The van der Waals surface area contributed by atoms with E-state index in [-0.39, 0.29) is 6.61 Å². The van der Waals surface area contributed by atoms with Crippen LogP contribution < -0.4 is 10.5 Å². The van der Waals surface area contributed by atoms with Crippen molar-refractivity contribution in [3.8, 4) is 5.75 Å². The summed E-state index contributed by atoms with van der Waals surface area (Å²) in [4.78, 5) is 4.35. The van der Waals surface area contributed by atoms with Crippen LogP contribution in [0.5, 0.6) is 5.75 Å². The van der Waals surface area contributed by atoms with E-state index >= 15 is 0 Å². The third kappa shape index (κ3) is 2.63. The molecule has 2 aromatic carbocycles. The Morgan fingerprint density at radius 3 is 2.90 bits per heavy atom. The van der Waals surface area contributed by atoms with Gasteiger partial charge < -0.3 is 14.9 Å². The highest BCUT2D eigenvalue weighted by molar-refractivity contribution is 9.10. The molecule has 0 bridgehead atoms. The second kappa shape index (κ2) is 5.17. The van der Waals surface area contributed by atoms with Crippen molar-refractivity contribution in [3.05, 3.63) is 52.3 Å². The molecule has 0 atom stereocenters. The van der Waals surface area contributed by atoms with Gasteiger partial charge in [-0.3, -0.25) is 0 Å². The minimum Gasteiger partial charge on any atom is -0.484 e. The molecule has 4 nitrogen and oxygen atoms in total. The molecule has 0 unspecified atom stereocenters.